The van der Waals surface area contributed by atoms with Crippen molar-refractivity contribution in [3.05, 3.63) is 292 Å². The molecule has 0 atom stereocenters. The van der Waals surface area contributed by atoms with Crippen LogP contribution in [0.4, 0.5) is 44.2 Å². The highest BCUT2D eigenvalue weighted by atomic mass is 35.5. The van der Waals surface area contributed by atoms with Gasteiger partial charge in [0.1, 0.15) is 74.0 Å². The molecule has 16 aromatic rings. The van der Waals surface area contributed by atoms with Crippen LogP contribution < -0.4 is 50.0 Å². The number of nitrogens with two attached hydrogens (primary N) is 1. The Morgan fingerprint density at radius 3 is 1.10 bits per heavy atom. The van der Waals surface area contributed by atoms with Crippen LogP contribution in [0, 0.1) is 26.0 Å². The number of allylic oxidation sites excluding steroid dienone is 1. The summed E-state index contributed by atoms with van der Waals surface area (Å²) in [6.45, 7) is -2.83. The molecule has 0 aliphatic carbocycles. The van der Waals surface area contributed by atoms with Crippen molar-refractivity contribution in [3.8, 4) is 46.3 Å². The van der Waals surface area contributed by atoms with Gasteiger partial charge in [-0.25, -0.2) is 39.9 Å². The van der Waals surface area contributed by atoms with E-state index in [9.17, 15) is 34.2 Å². The van der Waals surface area contributed by atoms with Gasteiger partial charge in [-0.3, -0.25) is 29.8 Å². The number of hydrogen-bond donors (Lipinski definition) is 3. The Bertz CT molecular complexity index is 7650. The minimum Gasteiger partial charge on any atom is -0.496 e. The summed E-state index contributed by atoms with van der Waals surface area (Å²) in [7, 11) is 17.6. The molecular formula is C98H114ClFN32O10. The van der Waals surface area contributed by atoms with E-state index in [4.69, 9.17) is 61.8 Å². The Morgan fingerprint density at radius 1 is 0.444 bits per heavy atom. The third-order valence-electron chi connectivity index (χ3n) is 21.1. The molecule has 0 saturated heterocycles. The molecule has 0 radical (unpaired) electrons. The van der Waals surface area contributed by atoms with Crippen LogP contribution in [0.1, 0.15) is 66.1 Å². The fourth-order valence-electron chi connectivity index (χ4n) is 14.0. The molecule has 8 aromatic carbocycles. The fourth-order valence-corrected chi connectivity index (χ4v) is 14.0. The van der Waals surface area contributed by atoms with E-state index < -0.39 is 61.5 Å². The van der Waals surface area contributed by atoms with Crippen molar-refractivity contribution in [1.29, 1.82) is 0 Å². The van der Waals surface area contributed by atoms with Gasteiger partial charge in [-0.15, -0.1) is 20.4 Å². The third-order valence-corrected chi connectivity index (χ3v) is 21.3. The molecular weight excluding hydrogens is 1840 g/mol. The number of hydrogen-bond acceptors (Lipinski definition) is 35. The fraction of sp³-hybridized carbons (Fsp3) is 0.286. The molecule has 740 valence electrons. The van der Waals surface area contributed by atoms with Gasteiger partial charge in [0.25, 0.3) is 5.69 Å². The maximum Gasteiger partial charge on any atom is 0.305 e. The number of aromatic nitrogens is 20. The number of para-hydroxylation sites is 4. The van der Waals surface area contributed by atoms with E-state index in [1.165, 1.54) is 48.1 Å². The highest BCUT2D eigenvalue weighted by molar-refractivity contribution is 6.66. The van der Waals surface area contributed by atoms with Crippen LogP contribution in [0.3, 0.4) is 0 Å². The Labute approximate surface area is 845 Å². The molecule has 8 aromatic heterocycles. The first kappa shape index (κ1) is 85.9. The number of carbonyl (C=O) groups excluding carboxylic acids is 2. The van der Waals surface area contributed by atoms with Gasteiger partial charge in [-0.1, -0.05) is 82.5 Å². The summed E-state index contributed by atoms with van der Waals surface area (Å²) in [5.41, 5.74) is 17.2. The van der Waals surface area contributed by atoms with Crippen molar-refractivity contribution < 1.29 is 63.3 Å². The van der Waals surface area contributed by atoms with Crippen molar-refractivity contribution in [2.24, 2.45) is 0 Å². The van der Waals surface area contributed by atoms with Crippen molar-refractivity contribution in [2.75, 3.05) is 191 Å². The van der Waals surface area contributed by atoms with E-state index in [1.54, 1.807) is 133 Å². The molecule has 0 spiro atoms. The average Bonchev–Trinajstić information content (AvgIpc) is 1.62. The number of rotatable bonds is 36. The Balaban J connectivity index is 0.000000188. The Morgan fingerprint density at radius 2 is 0.761 bits per heavy atom. The molecule has 16 rings (SSSR count). The summed E-state index contributed by atoms with van der Waals surface area (Å²) >= 11 is 4.71. The van der Waals surface area contributed by atoms with Crippen molar-refractivity contribution in [3.63, 3.8) is 0 Å². The van der Waals surface area contributed by atoms with Crippen LogP contribution >= 0.6 is 11.6 Å². The van der Waals surface area contributed by atoms with Gasteiger partial charge in [0.05, 0.1) is 83.1 Å². The predicted octanol–water partition coefficient (Wildman–Crippen LogP) is 11.6. The first-order valence-corrected chi connectivity index (χ1v) is 43.8. The molecule has 0 fully saturated rings. The zero-order chi connectivity index (χ0) is 115. The largest absolute Gasteiger partial charge is 0.496 e. The summed E-state index contributed by atoms with van der Waals surface area (Å²) < 4.78 is 152. The number of ether oxygens (including phenoxy) is 4. The number of fused-ring (bicyclic) bond motifs is 4. The van der Waals surface area contributed by atoms with E-state index in [0.29, 0.717) is 142 Å². The lowest BCUT2D eigenvalue weighted by atomic mass is 10.1. The second-order valence-electron chi connectivity index (χ2n) is 31.2. The van der Waals surface area contributed by atoms with Crippen molar-refractivity contribution in [2.45, 2.75) is 25.7 Å². The maximum atomic E-state index is 13.8. The van der Waals surface area contributed by atoms with E-state index in [2.05, 4.69) is 99.9 Å². The molecule has 142 heavy (non-hydrogen) atoms. The number of nitrogens with zero attached hydrogens (tertiary/aromatic N) is 29. The summed E-state index contributed by atoms with van der Waals surface area (Å²) in [6.07, 6.45) is 9.73. The molecule has 0 aliphatic heterocycles. The van der Waals surface area contributed by atoms with Crippen LogP contribution in [0.15, 0.2) is 220 Å². The summed E-state index contributed by atoms with van der Waals surface area (Å²) in [6, 6.07) is 49.6. The number of nitro groups is 2. The lowest BCUT2D eigenvalue weighted by Crippen LogP contribution is -2.29. The first-order valence-electron chi connectivity index (χ1n) is 50.9. The van der Waals surface area contributed by atoms with Crippen LogP contribution in [-0.2, 0) is 35.3 Å². The molecule has 8 heterocycles. The van der Waals surface area contributed by atoms with Gasteiger partial charge < -0.3 is 69.6 Å². The second kappa shape index (κ2) is 51.3. The summed E-state index contributed by atoms with van der Waals surface area (Å²) in [4.78, 5) is 89.0. The van der Waals surface area contributed by atoms with Gasteiger partial charge in [0.2, 0.25) is 17.0 Å². The van der Waals surface area contributed by atoms with E-state index in [-0.39, 0.29) is 56.4 Å². The van der Waals surface area contributed by atoms with Crippen LogP contribution in [0.25, 0.3) is 67.4 Å². The number of methoxy groups -OCH3 is 4. The second-order valence-corrected chi connectivity index (χ2v) is 31.5. The maximum absolute atomic E-state index is 13.8. The number of halogens is 2. The number of anilines is 5. The van der Waals surface area contributed by atoms with Crippen molar-refractivity contribution in [1.82, 2.24) is 125 Å². The average molecular weight is 1970 g/mol. The highest BCUT2D eigenvalue weighted by Gasteiger charge is 2.26. The van der Waals surface area contributed by atoms with E-state index in [1.807, 2.05) is 133 Å². The Kier molecular flexibility index (Phi) is 31.0. The molecule has 0 unspecified atom stereocenters. The zero-order valence-corrected chi connectivity index (χ0v) is 80.2. The normalized spacial score (nSPS) is 12.9. The van der Waals surface area contributed by atoms with Gasteiger partial charge in [0.15, 0.2) is 23.3 Å². The number of amides is 1. The predicted molar refractivity (Wildman–Crippen MR) is 547 cm³/mol. The molecule has 0 saturated carbocycles. The number of nitrogens with one attached hydrogen (secondary N) is 2. The van der Waals surface area contributed by atoms with Gasteiger partial charge >= 0.3 is 5.69 Å². The third kappa shape index (κ3) is 28.6. The number of nitrogen functional groups attached to an aromatic ring is 1. The lowest BCUT2D eigenvalue weighted by Gasteiger charge is -2.25. The van der Waals surface area contributed by atoms with Crippen molar-refractivity contribution >= 4 is 107 Å². The van der Waals surface area contributed by atoms with Crippen LogP contribution in [0.2, 0.25) is 0 Å². The van der Waals surface area contributed by atoms with E-state index >= 15 is 0 Å². The monoisotopic (exact) mass is 1970 g/mol. The highest BCUT2D eigenvalue weighted by Crippen LogP contribution is 2.39. The number of likely N-dealkylation sites (N-methyl/N-ethyl adjacent to an activating group) is 8. The minimum atomic E-state index is -2.57. The standard InChI is InChI=1S/C26H30N8O2.C23H26N8O3.C23H28N8O.C18H13FN6O3.C5H14N2.C3H3ClO/c1-6-26(35)28-20-15-18(23(36-5)17-22(20)33(4)14-13-32(2)3)16-24-27-12-11-25(29-24)34-21-10-8-7-9-19(21)30-31-34;1-28(2)11-12-29(3)19-15-21(34-4)16(13-20(19)31(32)33)14-22-24-10-9-23(25-22)30-18-8-6-5-7-17(18)26-27-30;1-29(2)11-12-30(3)20-15-21(32-4)16(13-17(20)24)14-22-25-10-9-23(26-22)31-19-8-6-5-7-18(19)27-28-31;1-28-16-10-12(19)15(25(26)27)8-11(16)9-17-20-7-6-18(21-17)24-14-5-3-2-4-13(14)22-23-24;1-6-4-5-7(2)3;1-2-3(4)5/h6-12,15,17H,1,13-14,16H2,2-5H3,(H,28,35);5-10,13,15H,11-12,14H2,1-4H3;5-10,13,15H,11-12,14,24H2,1-4H3;2-8,10H,9H2,1H3;6H,4-5H2,1-3H3;2H,1H2/i2D3;2*1D3;;2D3,3D3;. The lowest BCUT2D eigenvalue weighted by molar-refractivity contribution is -0.387. The first-order chi connectivity index (χ1) is 74.4. The quantitative estimate of drug-likeness (QED) is 0.0108. The molecule has 44 heteroatoms. The summed E-state index contributed by atoms with van der Waals surface area (Å²) in [5.74, 6) is 4.58. The molecule has 42 nitrogen and oxygen atoms in total. The number of benzene rings is 8. The Hall–Kier alpha value is -16.5. The molecule has 1 amide bonds. The van der Waals surface area contributed by atoms with E-state index in [0.717, 1.165) is 79.2 Å². The summed E-state index contributed by atoms with van der Waals surface area (Å²) in [5, 5.41) is 61.4. The molecule has 4 N–H and O–H groups in total. The topological polar surface area (TPSA) is 456 Å². The zero-order valence-electron chi connectivity index (χ0n) is 94.4. The smallest absolute Gasteiger partial charge is 0.305 e. The molecule has 0 bridgehead atoms. The van der Waals surface area contributed by atoms with Gasteiger partial charge in [-0.05, 0) is 147 Å². The van der Waals surface area contributed by atoms with Gasteiger partial charge in [-0.2, -0.15) is 23.1 Å². The van der Waals surface area contributed by atoms with Gasteiger partial charge in [0, 0.05) is 227 Å². The SMILES string of the molecule is C=CC(=O)Cl.COc1cc(F)c([N+](=O)[O-])cc1Cc1nccc(-n2nnc3ccccc32)n1.[2H]C([2H])([2H])N(C)CCN(C)c1cc(OC)c(Cc2nccc(-n3nnc4ccccc43)n2)cc1N.[2H]C([2H])([2H])N(C)CCN(C)c1cc(OC)c(Cc2nccc(-n3nnc4ccccc43)n2)cc1NC(=O)C=C.[2H]C([2H])([2H])N(C)CCN(C)c1cc(OC)c(Cc2nccc(-n3nnc4ccccc43)n2)cc1[N+](=O)[O-].[2H]C([2H])([2H])N(CCNC)C([2H])([2H])[2H]. The van der Waals surface area contributed by atoms with Crippen LogP contribution in [0.5, 0.6) is 23.0 Å². The van der Waals surface area contributed by atoms with Crippen LogP contribution in [-0.4, -0.2) is 305 Å². The number of carbonyl (C=O) groups is 2. The minimum absolute atomic E-state index is 0.0243. The number of nitro benzene ring substituents is 2. The molecule has 0 aliphatic rings.